The van der Waals surface area contributed by atoms with Crippen LogP contribution in [-0.2, 0) is 5.41 Å². The van der Waals surface area contributed by atoms with Crippen molar-refractivity contribution in [1.29, 1.82) is 0 Å². The standard InChI is InChI=1S/C14H19NO/c16-13-6-2-1-5-12(13)14(7-8-14)11-15-9-3-4-10-15/h1-2,5-6,16H,3-4,7-11H2. The molecule has 16 heavy (non-hydrogen) atoms. The Morgan fingerprint density at radius 3 is 2.44 bits per heavy atom. The Balaban J connectivity index is 1.80. The highest BCUT2D eigenvalue weighted by Crippen LogP contribution is 2.51. The van der Waals surface area contributed by atoms with Crippen LogP contribution in [0, 0.1) is 0 Å². The maximum Gasteiger partial charge on any atom is 0.119 e. The van der Waals surface area contributed by atoms with E-state index in [-0.39, 0.29) is 5.41 Å². The van der Waals surface area contributed by atoms with Crippen molar-refractivity contribution in [2.75, 3.05) is 19.6 Å². The Morgan fingerprint density at radius 2 is 1.81 bits per heavy atom. The lowest BCUT2D eigenvalue weighted by molar-refractivity contribution is 0.301. The first kappa shape index (κ1) is 10.2. The van der Waals surface area contributed by atoms with Gasteiger partial charge in [0.15, 0.2) is 0 Å². The van der Waals surface area contributed by atoms with Crippen molar-refractivity contribution in [2.45, 2.75) is 31.1 Å². The summed E-state index contributed by atoms with van der Waals surface area (Å²) in [5.74, 6) is 0.485. The van der Waals surface area contributed by atoms with Gasteiger partial charge in [-0.05, 0) is 44.8 Å². The van der Waals surface area contributed by atoms with Crippen LogP contribution in [0.25, 0.3) is 0 Å². The van der Waals surface area contributed by atoms with Crippen LogP contribution < -0.4 is 0 Å². The molecular weight excluding hydrogens is 198 g/mol. The van der Waals surface area contributed by atoms with Crippen LogP contribution in [0.2, 0.25) is 0 Å². The summed E-state index contributed by atoms with van der Waals surface area (Å²) >= 11 is 0. The van der Waals surface area contributed by atoms with E-state index in [0.29, 0.717) is 5.75 Å². The number of hydrogen-bond donors (Lipinski definition) is 1. The first-order chi connectivity index (χ1) is 7.80. The van der Waals surface area contributed by atoms with Gasteiger partial charge in [0.1, 0.15) is 5.75 Å². The average molecular weight is 217 g/mol. The highest BCUT2D eigenvalue weighted by Gasteiger charge is 2.46. The van der Waals surface area contributed by atoms with E-state index >= 15 is 0 Å². The van der Waals surface area contributed by atoms with Gasteiger partial charge in [0.2, 0.25) is 0 Å². The fourth-order valence-corrected chi connectivity index (χ4v) is 2.95. The Hall–Kier alpha value is -1.02. The molecule has 2 heteroatoms. The highest BCUT2D eigenvalue weighted by molar-refractivity contribution is 5.42. The maximum atomic E-state index is 9.94. The monoisotopic (exact) mass is 217 g/mol. The molecular formula is C14H19NO. The summed E-state index contributed by atoms with van der Waals surface area (Å²) < 4.78 is 0. The summed E-state index contributed by atoms with van der Waals surface area (Å²) in [6, 6.07) is 7.86. The third-order valence-electron chi connectivity index (χ3n) is 4.05. The average Bonchev–Trinajstić information content (AvgIpc) is 2.87. The van der Waals surface area contributed by atoms with Crippen LogP contribution in [-0.4, -0.2) is 29.6 Å². The lowest BCUT2D eigenvalue weighted by Gasteiger charge is -2.23. The van der Waals surface area contributed by atoms with Crippen LogP contribution in [0.15, 0.2) is 24.3 Å². The van der Waals surface area contributed by atoms with Gasteiger partial charge in [0, 0.05) is 17.5 Å². The zero-order valence-corrected chi connectivity index (χ0v) is 9.65. The molecule has 2 aliphatic rings. The molecule has 1 aliphatic carbocycles. The summed E-state index contributed by atoms with van der Waals surface area (Å²) in [6.45, 7) is 3.63. The Bertz CT molecular complexity index is 378. The minimum Gasteiger partial charge on any atom is -0.508 e. The summed E-state index contributed by atoms with van der Waals surface area (Å²) in [4.78, 5) is 2.56. The molecule has 1 heterocycles. The molecule has 1 aromatic carbocycles. The van der Waals surface area contributed by atoms with Gasteiger partial charge in [-0.3, -0.25) is 0 Å². The molecule has 0 bridgehead atoms. The number of phenolic OH excluding ortho intramolecular Hbond substituents is 1. The number of phenols is 1. The topological polar surface area (TPSA) is 23.5 Å². The van der Waals surface area contributed by atoms with E-state index in [4.69, 9.17) is 0 Å². The zero-order chi connectivity index (χ0) is 11.0. The van der Waals surface area contributed by atoms with Crippen LogP contribution in [0.4, 0.5) is 0 Å². The summed E-state index contributed by atoms with van der Waals surface area (Å²) in [5, 5.41) is 9.94. The van der Waals surface area contributed by atoms with Gasteiger partial charge in [-0.15, -0.1) is 0 Å². The van der Waals surface area contributed by atoms with E-state index in [1.807, 2.05) is 18.2 Å². The predicted octanol–water partition coefficient (Wildman–Crippen LogP) is 2.52. The second kappa shape index (κ2) is 3.77. The molecule has 0 amide bonds. The zero-order valence-electron chi connectivity index (χ0n) is 9.65. The number of benzene rings is 1. The third kappa shape index (κ3) is 1.71. The molecule has 1 saturated heterocycles. The first-order valence-corrected chi connectivity index (χ1v) is 6.31. The molecule has 0 unspecified atom stereocenters. The molecule has 2 fully saturated rings. The Labute approximate surface area is 96.9 Å². The maximum absolute atomic E-state index is 9.94. The van der Waals surface area contributed by atoms with E-state index in [1.165, 1.54) is 44.3 Å². The quantitative estimate of drug-likeness (QED) is 0.841. The molecule has 1 aromatic rings. The van der Waals surface area contributed by atoms with Crippen molar-refractivity contribution in [1.82, 2.24) is 4.90 Å². The largest absolute Gasteiger partial charge is 0.508 e. The number of hydrogen-bond acceptors (Lipinski definition) is 2. The van der Waals surface area contributed by atoms with Gasteiger partial charge in [-0.25, -0.2) is 0 Å². The number of rotatable bonds is 3. The van der Waals surface area contributed by atoms with Gasteiger partial charge in [0.05, 0.1) is 0 Å². The van der Waals surface area contributed by atoms with E-state index in [1.54, 1.807) is 0 Å². The smallest absolute Gasteiger partial charge is 0.119 e. The number of aromatic hydroxyl groups is 1. The van der Waals surface area contributed by atoms with Crippen LogP contribution >= 0.6 is 0 Å². The summed E-state index contributed by atoms with van der Waals surface area (Å²) in [5.41, 5.74) is 1.44. The van der Waals surface area contributed by atoms with Gasteiger partial charge in [0.25, 0.3) is 0 Å². The van der Waals surface area contributed by atoms with E-state index < -0.39 is 0 Å². The predicted molar refractivity (Wildman–Crippen MR) is 64.7 cm³/mol. The second-order valence-corrected chi connectivity index (χ2v) is 5.28. The SMILES string of the molecule is Oc1ccccc1C1(CN2CCCC2)CC1. The van der Waals surface area contributed by atoms with Crippen molar-refractivity contribution in [2.24, 2.45) is 0 Å². The molecule has 0 spiro atoms. The number of likely N-dealkylation sites (tertiary alicyclic amines) is 1. The summed E-state index contributed by atoms with van der Waals surface area (Å²) in [7, 11) is 0. The molecule has 0 atom stereocenters. The minimum absolute atomic E-state index is 0.273. The van der Waals surface area contributed by atoms with Crippen molar-refractivity contribution in [3.63, 3.8) is 0 Å². The highest BCUT2D eigenvalue weighted by atomic mass is 16.3. The molecule has 1 aliphatic heterocycles. The molecule has 1 N–H and O–H groups in total. The molecule has 3 rings (SSSR count). The molecule has 0 aromatic heterocycles. The molecule has 1 saturated carbocycles. The van der Waals surface area contributed by atoms with Gasteiger partial charge in [-0.2, -0.15) is 0 Å². The molecule has 2 nitrogen and oxygen atoms in total. The molecule has 0 radical (unpaired) electrons. The van der Waals surface area contributed by atoms with Crippen molar-refractivity contribution >= 4 is 0 Å². The van der Waals surface area contributed by atoms with Gasteiger partial charge in [-0.1, -0.05) is 18.2 Å². The van der Waals surface area contributed by atoms with Crippen LogP contribution in [0.3, 0.4) is 0 Å². The van der Waals surface area contributed by atoms with Crippen LogP contribution in [0.1, 0.15) is 31.2 Å². The van der Waals surface area contributed by atoms with Crippen molar-refractivity contribution in [3.05, 3.63) is 29.8 Å². The summed E-state index contributed by atoms with van der Waals surface area (Å²) in [6.07, 6.45) is 5.16. The van der Waals surface area contributed by atoms with E-state index in [2.05, 4.69) is 11.0 Å². The van der Waals surface area contributed by atoms with Gasteiger partial charge >= 0.3 is 0 Å². The number of nitrogens with zero attached hydrogens (tertiary/aromatic N) is 1. The lowest BCUT2D eigenvalue weighted by Crippen LogP contribution is -2.30. The fraction of sp³-hybridized carbons (Fsp3) is 0.571. The third-order valence-corrected chi connectivity index (χ3v) is 4.05. The normalized spacial score (nSPS) is 23.5. The Kier molecular flexibility index (Phi) is 2.40. The Morgan fingerprint density at radius 1 is 1.12 bits per heavy atom. The van der Waals surface area contributed by atoms with Crippen molar-refractivity contribution < 1.29 is 5.11 Å². The fourth-order valence-electron chi connectivity index (χ4n) is 2.95. The van der Waals surface area contributed by atoms with E-state index in [0.717, 1.165) is 6.54 Å². The minimum atomic E-state index is 0.273. The van der Waals surface area contributed by atoms with Crippen molar-refractivity contribution in [3.8, 4) is 5.75 Å². The van der Waals surface area contributed by atoms with Crippen LogP contribution in [0.5, 0.6) is 5.75 Å². The first-order valence-electron chi connectivity index (χ1n) is 6.31. The lowest BCUT2D eigenvalue weighted by atomic mass is 9.94. The van der Waals surface area contributed by atoms with Gasteiger partial charge < -0.3 is 10.0 Å². The number of para-hydroxylation sites is 1. The molecule has 86 valence electrons. The second-order valence-electron chi connectivity index (χ2n) is 5.28. The van der Waals surface area contributed by atoms with E-state index in [9.17, 15) is 5.11 Å².